The van der Waals surface area contributed by atoms with Crippen molar-refractivity contribution in [1.82, 2.24) is 20.2 Å². The molecule has 1 aliphatic rings. The molecule has 1 unspecified atom stereocenters. The van der Waals surface area contributed by atoms with Gasteiger partial charge in [-0.05, 0) is 29.7 Å². The Bertz CT molecular complexity index is 285. The van der Waals surface area contributed by atoms with Crippen molar-refractivity contribution < 1.29 is 4.74 Å². The monoisotopic (exact) mass is 260 g/mol. The molecule has 1 atom stereocenters. The maximum absolute atomic E-state index is 5.61. The van der Waals surface area contributed by atoms with Crippen molar-refractivity contribution in [2.24, 2.45) is 0 Å². The highest BCUT2D eigenvalue weighted by molar-refractivity contribution is 9.09. The summed E-state index contributed by atoms with van der Waals surface area (Å²) in [6, 6.07) is 0. The van der Waals surface area contributed by atoms with Crippen molar-refractivity contribution in [3.05, 3.63) is 5.82 Å². The van der Waals surface area contributed by atoms with Crippen LogP contribution in [0.2, 0.25) is 0 Å². The first kappa shape index (κ1) is 10.0. The lowest BCUT2D eigenvalue weighted by Gasteiger charge is -2.22. The van der Waals surface area contributed by atoms with E-state index in [1.54, 1.807) is 4.68 Å². The predicted molar refractivity (Wildman–Crippen MR) is 54.2 cm³/mol. The van der Waals surface area contributed by atoms with E-state index in [1.807, 2.05) is 0 Å². The Balaban J connectivity index is 2.09. The Labute approximate surface area is 90.9 Å². The Morgan fingerprint density at radius 1 is 1.50 bits per heavy atom. The summed E-state index contributed by atoms with van der Waals surface area (Å²) >= 11 is 3.38. The largest absolute Gasteiger partial charge is 0.356 e. The Hall–Kier alpha value is -0.490. The van der Waals surface area contributed by atoms with E-state index >= 15 is 0 Å². The maximum atomic E-state index is 5.61. The molecule has 14 heavy (non-hydrogen) atoms. The van der Waals surface area contributed by atoms with E-state index in [2.05, 4.69) is 31.5 Å². The van der Waals surface area contributed by atoms with Gasteiger partial charge in [-0.1, -0.05) is 15.9 Å². The van der Waals surface area contributed by atoms with Gasteiger partial charge in [-0.25, -0.2) is 4.68 Å². The fraction of sp³-hybridized carbons (Fsp3) is 0.875. The molecule has 5 nitrogen and oxygen atoms in total. The molecule has 0 aromatic carbocycles. The lowest BCUT2D eigenvalue weighted by Crippen LogP contribution is -2.21. The molecule has 0 saturated carbocycles. The minimum Gasteiger partial charge on any atom is -0.356 e. The van der Waals surface area contributed by atoms with Crippen LogP contribution in [0.5, 0.6) is 0 Å². The molecular weight excluding hydrogens is 248 g/mol. The van der Waals surface area contributed by atoms with Gasteiger partial charge in [0.05, 0.1) is 0 Å². The molecule has 0 spiro atoms. The second-order valence-corrected chi connectivity index (χ2v) is 4.09. The Morgan fingerprint density at radius 2 is 2.43 bits per heavy atom. The number of aryl methyl sites for hydroxylation is 1. The van der Waals surface area contributed by atoms with Gasteiger partial charge in [-0.15, -0.1) is 5.10 Å². The Morgan fingerprint density at radius 3 is 3.14 bits per heavy atom. The summed E-state index contributed by atoms with van der Waals surface area (Å²) < 4.78 is 7.42. The summed E-state index contributed by atoms with van der Waals surface area (Å²) in [6.45, 7) is 0.818. The third kappa shape index (κ3) is 2.12. The van der Waals surface area contributed by atoms with Crippen LogP contribution in [-0.4, -0.2) is 32.1 Å². The molecule has 1 aliphatic heterocycles. The average Bonchev–Trinajstić information content (AvgIpc) is 2.68. The minimum absolute atomic E-state index is 0.0489. The van der Waals surface area contributed by atoms with Crippen molar-refractivity contribution >= 4 is 15.9 Å². The third-order valence-electron chi connectivity index (χ3n) is 2.31. The van der Waals surface area contributed by atoms with Gasteiger partial charge in [0.1, 0.15) is 0 Å². The highest BCUT2D eigenvalue weighted by Gasteiger charge is 2.19. The predicted octanol–water partition coefficient (Wildman–Crippen LogP) is 1.31. The molecule has 1 saturated heterocycles. The average molecular weight is 261 g/mol. The van der Waals surface area contributed by atoms with Crippen molar-refractivity contribution in [2.75, 3.05) is 11.9 Å². The minimum atomic E-state index is 0.0489. The van der Waals surface area contributed by atoms with Crippen LogP contribution in [0.1, 0.15) is 31.3 Å². The van der Waals surface area contributed by atoms with Gasteiger partial charge in [0, 0.05) is 18.4 Å². The molecule has 2 heterocycles. The highest BCUT2D eigenvalue weighted by atomic mass is 79.9. The van der Waals surface area contributed by atoms with Crippen LogP contribution in [0.3, 0.4) is 0 Å². The molecule has 2 rings (SSSR count). The SMILES string of the molecule is BrCCc1nnnn1C1CCCCO1. The molecule has 0 bridgehead atoms. The zero-order valence-corrected chi connectivity index (χ0v) is 9.48. The fourth-order valence-corrected chi connectivity index (χ4v) is 1.96. The number of nitrogens with zero attached hydrogens (tertiary/aromatic N) is 4. The molecule has 0 radical (unpaired) electrons. The molecular formula is C8H13BrN4O. The van der Waals surface area contributed by atoms with Crippen molar-refractivity contribution in [3.8, 4) is 0 Å². The van der Waals surface area contributed by atoms with E-state index in [1.165, 1.54) is 6.42 Å². The number of halogens is 1. The van der Waals surface area contributed by atoms with E-state index in [0.717, 1.165) is 37.0 Å². The van der Waals surface area contributed by atoms with Crippen LogP contribution in [0.25, 0.3) is 0 Å². The van der Waals surface area contributed by atoms with Gasteiger partial charge in [-0.3, -0.25) is 0 Å². The van der Waals surface area contributed by atoms with Gasteiger partial charge in [0.15, 0.2) is 12.1 Å². The number of rotatable bonds is 3. The molecule has 1 aromatic heterocycles. The van der Waals surface area contributed by atoms with Crippen LogP contribution >= 0.6 is 15.9 Å². The summed E-state index contributed by atoms with van der Waals surface area (Å²) in [7, 11) is 0. The first-order valence-corrected chi connectivity index (χ1v) is 5.98. The van der Waals surface area contributed by atoms with E-state index in [0.29, 0.717) is 0 Å². The van der Waals surface area contributed by atoms with E-state index in [-0.39, 0.29) is 6.23 Å². The van der Waals surface area contributed by atoms with Crippen LogP contribution in [0.4, 0.5) is 0 Å². The number of tetrazole rings is 1. The standard InChI is InChI=1S/C8H13BrN4O/c9-5-4-7-10-11-12-13(7)8-3-1-2-6-14-8/h8H,1-6H2. The lowest BCUT2D eigenvalue weighted by molar-refractivity contribution is -0.0421. The van der Waals surface area contributed by atoms with Crippen molar-refractivity contribution in [3.63, 3.8) is 0 Å². The fourth-order valence-electron chi connectivity index (χ4n) is 1.60. The molecule has 6 heteroatoms. The van der Waals surface area contributed by atoms with Crippen LogP contribution < -0.4 is 0 Å². The number of alkyl halides is 1. The number of hydrogen-bond donors (Lipinski definition) is 0. The summed E-state index contributed by atoms with van der Waals surface area (Å²) in [5, 5.41) is 12.5. The summed E-state index contributed by atoms with van der Waals surface area (Å²) in [4.78, 5) is 0. The number of aromatic nitrogens is 4. The van der Waals surface area contributed by atoms with Gasteiger partial charge < -0.3 is 4.74 Å². The number of hydrogen-bond acceptors (Lipinski definition) is 4. The molecule has 1 fully saturated rings. The van der Waals surface area contributed by atoms with E-state index in [9.17, 15) is 0 Å². The van der Waals surface area contributed by atoms with E-state index < -0.39 is 0 Å². The molecule has 0 N–H and O–H groups in total. The van der Waals surface area contributed by atoms with Gasteiger partial charge in [-0.2, -0.15) is 0 Å². The molecule has 78 valence electrons. The normalized spacial score (nSPS) is 22.5. The highest BCUT2D eigenvalue weighted by Crippen LogP contribution is 2.22. The summed E-state index contributed by atoms with van der Waals surface area (Å²) in [5.74, 6) is 0.897. The van der Waals surface area contributed by atoms with Crippen LogP contribution in [-0.2, 0) is 11.2 Å². The third-order valence-corrected chi connectivity index (χ3v) is 2.70. The first-order valence-electron chi connectivity index (χ1n) is 4.86. The maximum Gasteiger partial charge on any atom is 0.155 e. The summed E-state index contributed by atoms with van der Waals surface area (Å²) in [5.41, 5.74) is 0. The zero-order chi connectivity index (χ0) is 9.80. The van der Waals surface area contributed by atoms with Gasteiger partial charge in [0.25, 0.3) is 0 Å². The smallest absolute Gasteiger partial charge is 0.155 e. The van der Waals surface area contributed by atoms with E-state index in [4.69, 9.17) is 4.74 Å². The Kier molecular flexibility index (Phi) is 3.47. The quantitative estimate of drug-likeness (QED) is 0.770. The van der Waals surface area contributed by atoms with Gasteiger partial charge >= 0.3 is 0 Å². The topological polar surface area (TPSA) is 52.8 Å². The second kappa shape index (κ2) is 4.84. The number of ether oxygens (including phenoxy) is 1. The molecule has 0 aliphatic carbocycles. The second-order valence-electron chi connectivity index (χ2n) is 3.30. The van der Waals surface area contributed by atoms with Crippen LogP contribution in [0.15, 0.2) is 0 Å². The molecule has 0 amide bonds. The summed E-state index contributed by atoms with van der Waals surface area (Å²) in [6.07, 6.45) is 4.24. The van der Waals surface area contributed by atoms with Crippen molar-refractivity contribution in [1.29, 1.82) is 0 Å². The first-order chi connectivity index (χ1) is 6.92. The lowest BCUT2D eigenvalue weighted by atomic mass is 10.2. The molecule has 1 aromatic rings. The van der Waals surface area contributed by atoms with Crippen molar-refractivity contribution in [2.45, 2.75) is 31.9 Å². The van der Waals surface area contributed by atoms with Gasteiger partial charge in [0.2, 0.25) is 0 Å². The van der Waals surface area contributed by atoms with Crippen LogP contribution in [0, 0.1) is 0 Å². The zero-order valence-electron chi connectivity index (χ0n) is 7.90.